The highest BCUT2D eigenvalue weighted by Gasteiger charge is 2.30. The van der Waals surface area contributed by atoms with Crippen molar-refractivity contribution >= 4 is 35.8 Å². The average Bonchev–Trinajstić information content (AvgIpc) is 3.39. The molecule has 0 aromatic heterocycles. The lowest BCUT2D eigenvalue weighted by atomic mass is 10.1. The second-order valence-electron chi connectivity index (χ2n) is 8.66. The zero-order valence-corrected chi connectivity index (χ0v) is 21.9. The Kier molecular flexibility index (Phi) is 10.7. The van der Waals surface area contributed by atoms with Crippen LogP contribution in [0, 0.1) is 0 Å². The normalized spacial score (nSPS) is 22.2. The molecular formula is C24H37IN4O4. The number of carbonyl (C=O) groups is 1. The zero-order valence-electron chi connectivity index (χ0n) is 19.5. The highest BCUT2D eigenvalue weighted by Crippen LogP contribution is 2.17. The quantitative estimate of drug-likeness (QED) is 0.321. The Balaban J connectivity index is 0.00000306. The van der Waals surface area contributed by atoms with Crippen LogP contribution in [0.1, 0.15) is 36.8 Å². The van der Waals surface area contributed by atoms with Crippen molar-refractivity contribution in [2.24, 2.45) is 4.99 Å². The summed E-state index contributed by atoms with van der Waals surface area (Å²) in [6.07, 6.45) is 3.85. The van der Waals surface area contributed by atoms with E-state index in [4.69, 9.17) is 14.2 Å². The van der Waals surface area contributed by atoms with Gasteiger partial charge in [-0.3, -0.25) is 9.79 Å². The van der Waals surface area contributed by atoms with E-state index in [0.29, 0.717) is 39.0 Å². The topological polar surface area (TPSA) is 75.6 Å². The molecule has 0 spiro atoms. The van der Waals surface area contributed by atoms with Crippen LogP contribution in [0.15, 0.2) is 29.3 Å². The second kappa shape index (κ2) is 13.5. The molecule has 0 saturated carbocycles. The van der Waals surface area contributed by atoms with Crippen LogP contribution in [0.25, 0.3) is 0 Å². The summed E-state index contributed by atoms with van der Waals surface area (Å²) >= 11 is 0. The molecule has 1 aromatic rings. The third-order valence-corrected chi connectivity index (χ3v) is 6.40. The number of carbonyl (C=O) groups excluding carboxylic acids is 1. The van der Waals surface area contributed by atoms with Crippen LogP contribution < -0.4 is 5.32 Å². The summed E-state index contributed by atoms with van der Waals surface area (Å²) in [6.45, 7) is 6.59. The fraction of sp³-hybridized carbons (Fsp3) is 0.667. The molecule has 4 rings (SSSR count). The van der Waals surface area contributed by atoms with E-state index in [1.54, 1.807) is 0 Å². The Bertz CT molecular complexity index is 773. The molecule has 0 radical (unpaired) electrons. The first-order valence-corrected chi connectivity index (χ1v) is 11.9. The van der Waals surface area contributed by atoms with Crippen molar-refractivity contribution in [3.8, 4) is 0 Å². The maximum atomic E-state index is 12.6. The molecule has 0 aliphatic carbocycles. The maximum Gasteiger partial charge on any atom is 0.251 e. The molecule has 3 fully saturated rings. The maximum absolute atomic E-state index is 12.6. The molecule has 1 N–H and O–H groups in total. The number of ether oxygens (including phenoxy) is 3. The van der Waals surface area contributed by atoms with Gasteiger partial charge in [-0.25, -0.2) is 0 Å². The first kappa shape index (κ1) is 26.2. The highest BCUT2D eigenvalue weighted by molar-refractivity contribution is 14.0. The van der Waals surface area contributed by atoms with Crippen molar-refractivity contribution in [3.63, 3.8) is 0 Å². The van der Waals surface area contributed by atoms with Gasteiger partial charge in [0.1, 0.15) is 6.10 Å². The molecule has 1 aromatic carbocycles. The summed E-state index contributed by atoms with van der Waals surface area (Å²) in [6, 6.07) is 8.51. The number of aliphatic imine (C=N–C) groups is 1. The monoisotopic (exact) mass is 572 g/mol. The lowest BCUT2D eigenvalue weighted by Gasteiger charge is -2.37. The number of nitrogens with one attached hydrogen (secondary N) is 1. The molecule has 8 nitrogen and oxygen atoms in total. The lowest BCUT2D eigenvalue weighted by Crippen LogP contribution is -2.55. The van der Waals surface area contributed by atoms with E-state index in [9.17, 15) is 4.79 Å². The molecule has 184 valence electrons. The second-order valence-corrected chi connectivity index (χ2v) is 8.66. The van der Waals surface area contributed by atoms with Crippen LogP contribution in [-0.2, 0) is 32.2 Å². The lowest BCUT2D eigenvalue weighted by molar-refractivity contribution is -0.142. The van der Waals surface area contributed by atoms with Gasteiger partial charge in [-0.05, 0) is 36.8 Å². The van der Waals surface area contributed by atoms with Crippen molar-refractivity contribution in [2.75, 3.05) is 53.0 Å². The van der Waals surface area contributed by atoms with E-state index >= 15 is 0 Å². The smallest absolute Gasteiger partial charge is 0.251 e. The van der Waals surface area contributed by atoms with Crippen LogP contribution in [0.4, 0.5) is 0 Å². The molecule has 3 heterocycles. The van der Waals surface area contributed by atoms with Gasteiger partial charge in [0.2, 0.25) is 0 Å². The van der Waals surface area contributed by atoms with E-state index in [1.807, 2.05) is 11.9 Å². The van der Waals surface area contributed by atoms with Crippen molar-refractivity contribution in [3.05, 3.63) is 35.4 Å². The highest BCUT2D eigenvalue weighted by atomic mass is 127. The van der Waals surface area contributed by atoms with Crippen LogP contribution in [-0.4, -0.2) is 86.9 Å². The molecule has 0 bridgehead atoms. The van der Waals surface area contributed by atoms with Crippen molar-refractivity contribution in [1.29, 1.82) is 0 Å². The van der Waals surface area contributed by atoms with Gasteiger partial charge in [-0.1, -0.05) is 24.3 Å². The fourth-order valence-corrected chi connectivity index (χ4v) is 4.51. The van der Waals surface area contributed by atoms with E-state index < -0.39 is 0 Å². The first-order chi connectivity index (χ1) is 15.7. The van der Waals surface area contributed by atoms with Gasteiger partial charge in [-0.15, -0.1) is 24.0 Å². The number of amides is 1. The Morgan fingerprint density at radius 3 is 2.52 bits per heavy atom. The van der Waals surface area contributed by atoms with E-state index in [2.05, 4.69) is 39.5 Å². The molecule has 9 heteroatoms. The van der Waals surface area contributed by atoms with Crippen molar-refractivity contribution < 1.29 is 19.0 Å². The molecule has 1 atom stereocenters. The zero-order chi connectivity index (χ0) is 22.2. The summed E-state index contributed by atoms with van der Waals surface area (Å²) in [7, 11) is 1.81. The molecule has 1 unspecified atom stereocenters. The number of nitrogens with zero attached hydrogens (tertiary/aromatic N) is 3. The molecular weight excluding hydrogens is 535 g/mol. The number of rotatable bonds is 6. The van der Waals surface area contributed by atoms with Gasteiger partial charge in [0.05, 0.1) is 12.7 Å². The van der Waals surface area contributed by atoms with Crippen molar-refractivity contribution in [2.45, 2.75) is 51.0 Å². The summed E-state index contributed by atoms with van der Waals surface area (Å²) < 4.78 is 17.0. The van der Waals surface area contributed by atoms with E-state index in [-0.39, 0.29) is 36.0 Å². The third-order valence-electron chi connectivity index (χ3n) is 6.40. The average molecular weight is 572 g/mol. The van der Waals surface area contributed by atoms with Gasteiger partial charge in [0.15, 0.2) is 5.96 Å². The van der Waals surface area contributed by atoms with Gasteiger partial charge in [-0.2, -0.15) is 0 Å². The number of piperazine rings is 1. The number of guanidine groups is 1. The number of hydrogen-bond acceptors (Lipinski definition) is 5. The van der Waals surface area contributed by atoms with E-state index in [0.717, 1.165) is 57.9 Å². The van der Waals surface area contributed by atoms with Gasteiger partial charge >= 0.3 is 0 Å². The summed E-state index contributed by atoms with van der Waals surface area (Å²) in [5, 5.41) is 3.48. The minimum atomic E-state index is -0.235. The van der Waals surface area contributed by atoms with Crippen LogP contribution in [0.3, 0.4) is 0 Å². The van der Waals surface area contributed by atoms with E-state index in [1.165, 1.54) is 11.1 Å². The standard InChI is InChI=1S/C24H36N4O4.HI/c1-25-24(28-11-9-27(10-12-28)23(29)22-6-3-13-31-22)26-17-19-4-2-5-20(16-19)18-32-21-7-14-30-15-8-21;/h2,4-5,16,21-22H,3,6-15,17-18H2,1H3,(H,25,26);1H. The molecule has 3 aliphatic rings. The molecule has 3 aliphatic heterocycles. The summed E-state index contributed by atoms with van der Waals surface area (Å²) in [5.41, 5.74) is 2.39. The Labute approximate surface area is 214 Å². The first-order valence-electron chi connectivity index (χ1n) is 11.9. The number of halogens is 1. The van der Waals surface area contributed by atoms with Gasteiger partial charge < -0.3 is 29.3 Å². The largest absolute Gasteiger partial charge is 0.381 e. The third kappa shape index (κ3) is 7.53. The Hall–Kier alpha value is -1.43. The Morgan fingerprint density at radius 2 is 1.82 bits per heavy atom. The van der Waals surface area contributed by atoms with Crippen LogP contribution >= 0.6 is 24.0 Å². The summed E-state index contributed by atoms with van der Waals surface area (Å²) in [5.74, 6) is 1.02. The molecule has 33 heavy (non-hydrogen) atoms. The predicted molar refractivity (Wildman–Crippen MR) is 138 cm³/mol. The number of benzene rings is 1. The van der Waals surface area contributed by atoms with Gasteiger partial charge in [0.25, 0.3) is 5.91 Å². The SMILES string of the molecule is CN=C(NCc1cccc(COC2CCOCC2)c1)N1CCN(C(=O)C2CCCO2)CC1.I. The molecule has 3 saturated heterocycles. The van der Waals surface area contributed by atoms with Crippen molar-refractivity contribution in [1.82, 2.24) is 15.1 Å². The minimum Gasteiger partial charge on any atom is -0.381 e. The number of hydrogen-bond donors (Lipinski definition) is 1. The minimum absolute atomic E-state index is 0. The summed E-state index contributed by atoms with van der Waals surface area (Å²) in [4.78, 5) is 21.2. The van der Waals surface area contributed by atoms with Crippen LogP contribution in [0.2, 0.25) is 0 Å². The van der Waals surface area contributed by atoms with Gasteiger partial charge in [0, 0.05) is 59.6 Å². The molecule has 1 amide bonds. The van der Waals surface area contributed by atoms with Crippen LogP contribution in [0.5, 0.6) is 0 Å². The predicted octanol–water partition coefficient (Wildman–Crippen LogP) is 2.40. The Morgan fingerprint density at radius 1 is 1.09 bits per heavy atom. The fourth-order valence-electron chi connectivity index (χ4n) is 4.51.